The van der Waals surface area contributed by atoms with Crippen molar-refractivity contribution in [3.63, 3.8) is 0 Å². The smallest absolute Gasteiger partial charge is 0.277 e. The molecule has 0 aliphatic rings. The van der Waals surface area contributed by atoms with Gasteiger partial charge in [-0.3, -0.25) is 4.79 Å². The maximum absolute atomic E-state index is 12.2. The summed E-state index contributed by atoms with van der Waals surface area (Å²) in [4.78, 5) is 12.2. The molecule has 0 bridgehead atoms. The van der Waals surface area contributed by atoms with Crippen LogP contribution >= 0.6 is 0 Å². The van der Waals surface area contributed by atoms with Gasteiger partial charge >= 0.3 is 0 Å². The van der Waals surface area contributed by atoms with Crippen LogP contribution in [0.3, 0.4) is 0 Å². The van der Waals surface area contributed by atoms with Crippen LogP contribution in [-0.4, -0.2) is 18.2 Å². The highest BCUT2D eigenvalue weighted by Gasteiger charge is 2.10. The molecule has 0 aliphatic carbocycles. The molecule has 0 radical (unpaired) electrons. The molecule has 0 fully saturated rings. The summed E-state index contributed by atoms with van der Waals surface area (Å²) in [5.41, 5.74) is 6.73. The van der Waals surface area contributed by atoms with Gasteiger partial charge in [-0.25, -0.2) is 5.43 Å². The maximum Gasteiger partial charge on any atom is 0.277 e. The highest BCUT2D eigenvalue weighted by atomic mass is 16.5. The van der Waals surface area contributed by atoms with E-state index in [1.54, 1.807) is 0 Å². The van der Waals surface area contributed by atoms with Gasteiger partial charge in [-0.1, -0.05) is 69.7 Å². The summed E-state index contributed by atoms with van der Waals surface area (Å²) in [6, 6.07) is 16.0. The lowest BCUT2D eigenvalue weighted by atomic mass is 10.0. The number of hydrazone groups is 1. The molecule has 4 heteroatoms. The third-order valence-electron chi connectivity index (χ3n) is 4.06. The Labute approximate surface area is 156 Å². The van der Waals surface area contributed by atoms with Gasteiger partial charge in [0.1, 0.15) is 5.75 Å². The van der Waals surface area contributed by atoms with E-state index in [0.717, 1.165) is 41.0 Å². The fourth-order valence-corrected chi connectivity index (χ4v) is 2.68. The minimum atomic E-state index is -0.259. The highest BCUT2D eigenvalue weighted by molar-refractivity contribution is 6.01. The topological polar surface area (TPSA) is 50.7 Å². The minimum Gasteiger partial charge on any atom is -0.483 e. The van der Waals surface area contributed by atoms with Crippen molar-refractivity contribution in [2.45, 2.75) is 46.5 Å². The van der Waals surface area contributed by atoms with Crippen LogP contribution in [0.1, 0.15) is 56.2 Å². The van der Waals surface area contributed by atoms with Crippen molar-refractivity contribution in [3.8, 4) is 5.75 Å². The Morgan fingerprint density at radius 3 is 2.54 bits per heavy atom. The third-order valence-corrected chi connectivity index (χ3v) is 4.06. The average Bonchev–Trinajstić information content (AvgIpc) is 2.64. The fourth-order valence-electron chi connectivity index (χ4n) is 2.68. The van der Waals surface area contributed by atoms with E-state index in [1.807, 2.05) is 43.3 Å². The van der Waals surface area contributed by atoms with Gasteiger partial charge in [0.25, 0.3) is 5.91 Å². The summed E-state index contributed by atoms with van der Waals surface area (Å²) in [6.07, 6.45) is 1.77. The van der Waals surface area contributed by atoms with E-state index in [0.29, 0.717) is 5.92 Å². The zero-order chi connectivity index (χ0) is 18.9. The number of rotatable bonds is 8. The van der Waals surface area contributed by atoms with Crippen molar-refractivity contribution in [2.24, 2.45) is 5.10 Å². The largest absolute Gasteiger partial charge is 0.483 e. The molecule has 2 aromatic carbocycles. The summed E-state index contributed by atoms with van der Waals surface area (Å²) in [5.74, 6) is 0.836. The molecule has 0 unspecified atom stereocenters. The van der Waals surface area contributed by atoms with E-state index in [-0.39, 0.29) is 12.5 Å². The second-order valence-corrected chi connectivity index (χ2v) is 6.69. The number of nitrogens with zero attached hydrogens (tertiary/aromatic N) is 1. The van der Waals surface area contributed by atoms with Crippen LogP contribution in [0.25, 0.3) is 0 Å². The predicted molar refractivity (Wildman–Crippen MR) is 107 cm³/mol. The van der Waals surface area contributed by atoms with Crippen molar-refractivity contribution in [1.29, 1.82) is 0 Å². The standard InChI is InChI=1S/C22H28N2O2/c1-5-9-20(18-10-7-6-8-11-18)23-24-22(25)15-26-21-14-17(4)12-13-19(21)16(2)3/h6-8,10-14,16H,5,9,15H2,1-4H3,(H,24,25)/b23-20+. The first-order valence-corrected chi connectivity index (χ1v) is 9.15. The predicted octanol–water partition coefficient (Wildman–Crippen LogP) is 4.82. The maximum atomic E-state index is 12.2. The van der Waals surface area contributed by atoms with Gasteiger partial charge < -0.3 is 4.74 Å². The van der Waals surface area contributed by atoms with Gasteiger partial charge in [0.05, 0.1) is 5.71 Å². The molecule has 0 aromatic heterocycles. The van der Waals surface area contributed by atoms with Crippen LogP contribution in [0, 0.1) is 6.92 Å². The van der Waals surface area contributed by atoms with Crippen LogP contribution in [0.5, 0.6) is 5.75 Å². The molecule has 2 aromatic rings. The summed E-state index contributed by atoms with van der Waals surface area (Å²) in [5, 5.41) is 4.31. The van der Waals surface area contributed by atoms with Crippen LogP contribution < -0.4 is 10.2 Å². The number of aryl methyl sites for hydroxylation is 1. The number of nitrogens with one attached hydrogen (secondary N) is 1. The molecular weight excluding hydrogens is 324 g/mol. The van der Waals surface area contributed by atoms with Crippen molar-refractivity contribution < 1.29 is 9.53 Å². The Kier molecular flexibility index (Phi) is 7.39. The zero-order valence-corrected chi connectivity index (χ0v) is 16.1. The van der Waals surface area contributed by atoms with Crippen LogP contribution in [0.4, 0.5) is 0 Å². The Bertz CT molecular complexity index is 752. The van der Waals surface area contributed by atoms with Crippen molar-refractivity contribution in [3.05, 3.63) is 65.2 Å². The quantitative estimate of drug-likeness (QED) is 0.547. The first kappa shape index (κ1) is 19.7. The molecule has 26 heavy (non-hydrogen) atoms. The summed E-state index contributed by atoms with van der Waals surface area (Å²) >= 11 is 0. The lowest BCUT2D eigenvalue weighted by Gasteiger charge is -2.14. The molecule has 0 spiro atoms. The Hall–Kier alpha value is -2.62. The molecule has 0 heterocycles. The van der Waals surface area contributed by atoms with Crippen molar-refractivity contribution >= 4 is 11.6 Å². The number of carbonyl (C=O) groups is 1. The summed E-state index contributed by atoms with van der Waals surface area (Å²) in [7, 11) is 0. The van der Waals surface area contributed by atoms with E-state index in [4.69, 9.17) is 4.74 Å². The molecule has 1 N–H and O–H groups in total. The lowest BCUT2D eigenvalue weighted by molar-refractivity contribution is -0.123. The van der Waals surface area contributed by atoms with Crippen LogP contribution in [0.2, 0.25) is 0 Å². The molecule has 2 rings (SSSR count). The number of hydrogen-bond donors (Lipinski definition) is 1. The van der Waals surface area contributed by atoms with Gasteiger partial charge in [-0.15, -0.1) is 0 Å². The molecule has 0 aliphatic heterocycles. The second-order valence-electron chi connectivity index (χ2n) is 6.69. The van der Waals surface area contributed by atoms with E-state index < -0.39 is 0 Å². The highest BCUT2D eigenvalue weighted by Crippen LogP contribution is 2.27. The average molecular weight is 352 g/mol. The molecular formula is C22H28N2O2. The van der Waals surface area contributed by atoms with E-state index >= 15 is 0 Å². The lowest BCUT2D eigenvalue weighted by Crippen LogP contribution is -2.26. The van der Waals surface area contributed by atoms with Crippen molar-refractivity contribution in [1.82, 2.24) is 5.43 Å². The summed E-state index contributed by atoms with van der Waals surface area (Å²) < 4.78 is 5.76. The van der Waals surface area contributed by atoms with E-state index in [1.165, 1.54) is 0 Å². The van der Waals surface area contributed by atoms with Gasteiger partial charge in [0, 0.05) is 0 Å². The number of hydrogen-bond acceptors (Lipinski definition) is 3. The Morgan fingerprint density at radius 2 is 1.88 bits per heavy atom. The summed E-state index contributed by atoms with van der Waals surface area (Å²) in [6.45, 7) is 8.27. The number of ether oxygens (including phenoxy) is 1. The van der Waals surface area contributed by atoms with Gasteiger partial charge in [0.15, 0.2) is 6.61 Å². The molecule has 1 amide bonds. The Balaban J connectivity index is 2.01. The molecule has 138 valence electrons. The molecule has 4 nitrogen and oxygen atoms in total. The normalized spacial score (nSPS) is 11.5. The van der Waals surface area contributed by atoms with Gasteiger partial charge in [-0.05, 0) is 42.0 Å². The van der Waals surface area contributed by atoms with Crippen LogP contribution in [0.15, 0.2) is 53.6 Å². The second kappa shape index (κ2) is 9.76. The van der Waals surface area contributed by atoms with Crippen LogP contribution in [-0.2, 0) is 4.79 Å². The SMILES string of the molecule is CCC/C(=N\NC(=O)COc1cc(C)ccc1C(C)C)c1ccccc1. The van der Waals surface area contributed by atoms with E-state index in [2.05, 4.69) is 43.4 Å². The monoisotopic (exact) mass is 352 g/mol. The van der Waals surface area contributed by atoms with Crippen molar-refractivity contribution in [2.75, 3.05) is 6.61 Å². The van der Waals surface area contributed by atoms with E-state index in [9.17, 15) is 4.79 Å². The Morgan fingerprint density at radius 1 is 1.15 bits per heavy atom. The zero-order valence-electron chi connectivity index (χ0n) is 16.1. The minimum absolute atomic E-state index is 0.0547. The number of benzene rings is 2. The molecule has 0 atom stereocenters. The number of amides is 1. The fraction of sp³-hybridized carbons (Fsp3) is 0.364. The van der Waals surface area contributed by atoms with Gasteiger partial charge in [-0.2, -0.15) is 5.10 Å². The third kappa shape index (κ3) is 5.73. The molecule has 0 saturated carbocycles. The molecule has 0 saturated heterocycles. The number of carbonyl (C=O) groups excluding carboxylic acids is 1. The first-order chi connectivity index (χ1) is 12.5. The van der Waals surface area contributed by atoms with Gasteiger partial charge in [0.2, 0.25) is 0 Å². The first-order valence-electron chi connectivity index (χ1n) is 9.15.